The average molecular weight is 317 g/mol. The van der Waals surface area contributed by atoms with E-state index in [2.05, 4.69) is 0 Å². The Labute approximate surface area is 131 Å². The van der Waals surface area contributed by atoms with Gasteiger partial charge in [-0.15, -0.1) is 0 Å². The van der Waals surface area contributed by atoms with Gasteiger partial charge in [0.05, 0.1) is 0 Å². The van der Waals surface area contributed by atoms with Gasteiger partial charge in [0.1, 0.15) is 0 Å². The summed E-state index contributed by atoms with van der Waals surface area (Å²) in [4.78, 5) is 14.4. The molecule has 112 valence electrons. The molecule has 0 atom stereocenters. The van der Waals surface area contributed by atoms with Crippen molar-refractivity contribution in [1.29, 1.82) is 0 Å². The smallest absolute Gasteiger partial charge is 0.253 e. The Morgan fingerprint density at radius 2 is 1.80 bits per heavy atom. The van der Waals surface area contributed by atoms with E-state index in [1.807, 2.05) is 25.7 Å². The molecular weight excluding hydrogens is 295 g/mol. The normalized spacial score (nSPS) is 11.5. The molecule has 1 aromatic carbocycles. The van der Waals surface area contributed by atoms with Gasteiger partial charge in [0.25, 0.3) is 5.91 Å². The van der Waals surface area contributed by atoms with Crippen LogP contribution in [-0.2, 0) is 0 Å². The largest absolute Gasteiger partial charge is 0.338 e. The number of nitrogens with zero attached hydrogens (tertiary/aromatic N) is 1. The summed E-state index contributed by atoms with van der Waals surface area (Å²) in [5, 5.41) is 0.936. The molecule has 1 rings (SSSR count). The summed E-state index contributed by atoms with van der Waals surface area (Å²) < 4.78 is 0. The van der Waals surface area contributed by atoms with Gasteiger partial charge in [-0.2, -0.15) is 0 Å². The number of benzene rings is 1. The Balaban J connectivity index is 2.99. The van der Waals surface area contributed by atoms with Crippen LogP contribution in [-0.4, -0.2) is 30.4 Å². The molecule has 0 bridgehead atoms. The molecule has 2 N–H and O–H groups in total. The van der Waals surface area contributed by atoms with Crippen LogP contribution in [0.4, 0.5) is 0 Å². The minimum Gasteiger partial charge on any atom is -0.338 e. The first-order chi connectivity index (χ1) is 9.29. The monoisotopic (exact) mass is 316 g/mol. The van der Waals surface area contributed by atoms with Crippen molar-refractivity contribution in [2.24, 2.45) is 11.1 Å². The molecule has 1 aromatic rings. The number of rotatable bonds is 6. The first-order valence-electron chi connectivity index (χ1n) is 6.74. The number of carbonyl (C=O) groups excluding carboxylic acids is 1. The first-order valence-corrected chi connectivity index (χ1v) is 7.50. The van der Waals surface area contributed by atoms with Gasteiger partial charge in [0.15, 0.2) is 0 Å². The SMILES string of the molecule is CCCN(CC(C)(C)CN)C(=O)c1cc(Cl)cc(Cl)c1. The fraction of sp³-hybridized carbons (Fsp3) is 0.533. The second-order valence-electron chi connectivity index (χ2n) is 5.75. The van der Waals surface area contributed by atoms with Crippen molar-refractivity contribution in [1.82, 2.24) is 4.90 Å². The van der Waals surface area contributed by atoms with Crippen molar-refractivity contribution in [3.63, 3.8) is 0 Å². The van der Waals surface area contributed by atoms with Crippen LogP contribution in [0.3, 0.4) is 0 Å². The third-order valence-electron chi connectivity index (χ3n) is 3.06. The molecule has 0 spiro atoms. The zero-order valence-electron chi connectivity index (χ0n) is 12.2. The van der Waals surface area contributed by atoms with Crippen LogP contribution in [0.25, 0.3) is 0 Å². The lowest BCUT2D eigenvalue weighted by Crippen LogP contribution is -2.42. The van der Waals surface area contributed by atoms with Crippen LogP contribution >= 0.6 is 23.2 Å². The molecular formula is C15H22Cl2N2O. The van der Waals surface area contributed by atoms with E-state index in [0.717, 1.165) is 6.42 Å². The Morgan fingerprint density at radius 1 is 1.25 bits per heavy atom. The lowest BCUT2D eigenvalue weighted by molar-refractivity contribution is 0.0689. The summed E-state index contributed by atoms with van der Waals surface area (Å²) in [7, 11) is 0. The van der Waals surface area contributed by atoms with E-state index in [1.54, 1.807) is 18.2 Å². The molecule has 0 saturated heterocycles. The number of carbonyl (C=O) groups is 1. The van der Waals surface area contributed by atoms with Crippen molar-refractivity contribution in [3.8, 4) is 0 Å². The molecule has 0 fully saturated rings. The quantitative estimate of drug-likeness (QED) is 0.867. The zero-order chi connectivity index (χ0) is 15.3. The second-order valence-corrected chi connectivity index (χ2v) is 6.63. The molecule has 20 heavy (non-hydrogen) atoms. The van der Waals surface area contributed by atoms with Crippen molar-refractivity contribution in [3.05, 3.63) is 33.8 Å². The average Bonchev–Trinajstić information content (AvgIpc) is 2.36. The molecule has 0 aliphatic rings. The van der Waals surface area contributed by atoms with Crippen molar-refractivity contribution < 1.29 is 4.79 Å². The number of hydrogen-bond donors (Lipinski definition) is 1. The second kappa shape index (κ2) is 7.30. The number of amides is 1. The molecule has 5 heteroatoms. The van der Waals surface area contributed by atoms with Gasteiger partial charge in [-0.05, 0) is 36.6 Å². The fourth-order valence-electron chi connectivity index (χ4n) is 1.96. The van der Waals surface area contributed by atoms with Crippen LogP contribution in [0.15, 0.2) is 18.2 Å². The summed E-state index contributed by atoms with van der Waals surface area (Å²) in [6, 6.07) is 4.91. The first kappa shape index (κ1) is 17.3. The van der Waals surface area contributed by atoms with Crippen LogP contribution in [0.1, 0.15) is 37.6 Å². The van der Waals surface area contributed by atoms with E-state index in [9.17, 15) is 4.79 Å². The van der Waals surface area contributed by atoms with E-state index in [1.165, 1.54) is 0 Å². The predicted molar refractivity (Wildman–Crippen MR) is 85.5 cm³/mol. The fourth-order valence-corrected chi connectivity index (χ4v) is 2.49. The van der Waals surface area contributed by atoms with Gasteiger partial charge in [-0.1, -0.05) is 44.0 Å². The molecule has 3 nitrogen and oxygen atoms in total. The summed E-state index contributed by atoms with van der Waals surface area (Å²) in [6.07, 6.45) is 0.890. The highest BCUT2D eigenvalue weighted by Gasteiger charge is 2.24. The molecule has 0 aliphatic heterocycles. The maximum atomic E-state index is 12.6. The van der Waals surface area contributed by atoms with Crippen LogP contribution < -0.4 is 5.73 Å². The molecule has 1 amide bonds. The van der Waals surface area contributed by atoms with Gasteiger partial charge in [-0.3, -0.25) is 4.79 Å². The Kier molecular flexibility index (Phi) is 6.31. The van der Waals surface area contributed by atoms with Gasteiger partial charge in [-0.25, -0.2) is 0 Å². The molecule has 0 unspecified atom stereocenters. The highest BCUT2D eigenvalue weighted by atomic mass is 35.5. The molecule has 0 saturated carbocycles. The minimum absolute atomic E-state index is 0.0576. The zero-order valence-corrected chi connectivity index (χ0v) is 13.8. The van der Waals surface area contributed by atoms with Crippen LogP contribution in [0.5, 0.6) is 0 Å². The molecule has 0 radical (unpaired) electrons. The Bertz CT molecular complexity index is 455. The van der Waals surface area contributed by atoms with Gasteiger partial charge < -0.3 is 10.6 Å². The topological polar surface area (TPSA) is 46.3 Å². The van der Waals surface area contributed by atoms with Gasteiger partial charge >= 0.3 is 0 Å². The molecule has 0 aliphatic carbocycles. The highest BCUT2D eigenvalue weighted by Crippen LogP contribution is 2.22. The standard InChI is InChI=1S/C15H22Cl2N2O/c1-4-5-19(10-15(2,3)9-18)14(20)11-6-12(16)8-13(17)7-11/h6-8H,4-5,9-10,18H2,1-3H3. The lowest BCUT2D eigenvalue weighted by Gasteiger charge is -2.32. The van der Waals surface area contributed by atoms with E-state index in [-0.39, 0.29) is 11.3 Å². The number of nitrogens with two attached hydrogens (primary N) is 1. The Hall–Kier alpha value is -0.770. The summed E-state index contributed by atoms with van der Waals surface area (Å²) in [5.74, 6) is -0.0576. The van der Waals surface area contributed by atoms with Crippen LogP contribution in [0, 0.1) is 5.41 Å². The molecule has 0 heterocycles. The van der Waals surface area contributed by atoms with Crippen molar-refractivity contribution in [2.45, 2.75) is 27.2 Å². The van der Waals surface area contributed by atoms with E-state index in [0.29, 0.717) is 35.2 Å². The van der Waals surface area contributed by atoms with Gasteiger partial charge in [0, 0.05) is 28.7 Å². The maximum absolute atomic E-state index is 12.6. The van der Waals surface area contributed by atoms with E-state index < -0.39 is 0 Å². The minimum atomic E-state index is -0.118. The summed E-state index contributed by atoms with van der Waals surface area (Å²) in [5.41, 5.74) is 6.16. The Morgan fingerprint density at radius 3 is 2.25 bits per heavy atom. The highest BCUT2D eigenvalue weighted by molar-refractivity contribution is 6.35. The number of hydrogen-bond acceptors (Lipinski definition) is 2. The predicted octanol–water partition coefficient (Wildman–Crippen LogP) is 3.83. The summed E-state index contributed by atoms with van der Waals surface area (Å²) >= 11 is 11.9. The lowest BCUT2D eigenvalue weighted by atomic mass is 9.92. The number of halogens is 2. The molecule has 0 aromatic heterocycles. The van der Waals surface area contributed by atoms with E-state index in [4.69, 9.17) is 28.9 Å². The van der Waals surface area contributed by atoms with Crippen molar-refractivity contribution in [2.75, 3.05) is 19.6 Å². The third kappa shape index (κ3) is 4.97. The van der Waals surface area contributed by atoms with Crippen molar-refractivity contribution >= 4 is 29.1 Å². The van der Waals surface area contributed by atoms with Crippen LogP contribution in [0.2, 0.25) is 10.0 Å². The van der Waals surface area contributed by atoms with E-state index >= 15 is 0 Å². The third-order valence-corrected chi connectivity index (χ3v) is 3.50. The summed E-state index contributed by atoms with van der Waals surface area (Å²) in [6.45, 7) is 7.96. The van der Waals surface area contributed by atoms with Gasteiger partial charge in [0.2, 0.25) is 0 Å². The maximum Gasteiger partial charge on any atom is 0.253 e.